The zero-order valence-electron chi connectivity index (χ0n) is 19.2. The maximum atomic E-state index is 12.9. The second kappa shape index (κ2) is 10.5. The molecule has 0 bridgehead atoms. The number of methoxy groups -OCH3 is 2. The monoisotopic (exact) mass is 482 g/mol. The van der Waals surface area contributed by atoms with Gasteiger partial charge in [-0.3, -0.25) is 9.36 Å². The third-order valence-electron chi connectivity index (χ3n) is 5.12. The number of hydrogen-bond acceptors (Lipinski definition) is 8. The van der Waals surface area contributed by atoms with Crippen LogP contribution in [-0.2, 0) is 11.3 Å². The number of benzene rings is 2. The van der Waals surface area contributed by atoms with Crippen LogP contribution in [0.3, 0.4) is 0 Å². The van der Waals surface area contributed by atoms with Gasteiger partial charge in [0.25, 0.3) is 0 Å². The summed E-state index contributed by atoms with van der Waals surface area (Å²) in [6.45, 7) is 6.42. The number of carbonyl (C=O) groups excluding carboxylic acids is 1. The van der Waals surface area contributed by atoms with E-state index in [1.807, 2.05) is 28.8 Å². The molecule has 0 fully saturated rings. The molecule has 2 atom stereocenters. The second-order valence-corrected chi connectivity index (χ2v) is 8.76. The first kappa shape index (κ1) is 23.5. The van der Waals surface area contributed by atoms with Gasteiger partial charge < -0.3 is 24.3 Å². The van der Waals surface area contributed by atoms with E-state index in [2.05, 4.69) is 22.1 Å². The van der Waals surface area contributed by atoms with Crippen LogP contribution >= 0.6 is 11.8 Å². The zero-order chi connectivity index (χ0) is 24.1. The lowest BCUT2D eigenvalue weighted by atomic mass is 10.2. The van der Waals surface area contributed by atoms with E-state index < -0.39 is 11.4 Å². The van der Waals surface area contributed by atoms with Crippen LogP contribution in [0.25, 0.3) is 0 Å². The average molecular weight is 483 g/mol. The number of carbonyl (C=O) groups is 1. The molecular weight excluding hydrogens is 456 g/mol. The van der Waals surface area contributed by atoms with Gasteiger partial charge in [0.15, 0.2) is 28.6 Å². The molecule has 0 saturated heterocycles. The summed E-state index contributed by atoms with van der Waals surface area (Å²) in [5, 5.41) is 11.7. The number of nitrogens with one attached hydrogen (secondary N) is 1. The van der Waals surface area contributed by atoms with Crippen LogP contribution in [0, 0.1) is 0 Å². The third-order valence-corrected chi connectivity index (χ3v) is 6.20. The zero-order valence-corrected chi connectivity index (χ0v) is 20.0. The van der Waals surface area contributed by atoms with E-state index in [4.69, 9.17) is 18.9 Å². The van der Waals surface area contributed by atoms with E-state index in [-0.39, 0.29) is 5.91 Å². The summed E-state index contributed by atoms with van der Waals surface area (Å²) in [5.41, 5.74) is 0.577. The van der Waals surface area contributed by atoms with E-state index in [0.717, 1.165) is 0 Å². The van der Waals surface area contributed by atoms with Crippen LogP contribution in [0.4, 0.5) is 5.69 Å². The van der Waals surface area contributed by atoms with Gasteiger partial charge in [-0.2, -0.15) is 0 Å². The first-order chi connectivity index (χ1) is 16.5. The molecule has 1 amide bonds. The lowest BCUT2D eigenvalue weighted by Crippen LogP contribution is -2.25. The third kappa shape index (κ3) is 5.12. The maximum Gasteiger partial charge on any atom is 0.237 e. The van der Waals surface area contributed by atoms with Crippen LogP contribution in [-0.4, -0.2) is 46.7 Å². The van der Waals surface area contributed by atoms with E-state index >= 15 is 0 Å². The second-order valence-electron chi connectivity index (χ2n) is 7.45. The lowest BCUT2D eigenvalue weighted by Gasteiger charge is -2.26. The summed E-state index contributed by atoms with van der Waals surface area (Å²) in [6, 6.07) is 12.7. The Morgan fingerprint density at radius 1 is 1.24 bits per heavy atom. The quantitative estimate of drug-likeness (QED) is 0.360. The predicted molar refractivity (Wildman–Crippen MR) is 129 cm³/mol. The fourth-order valence-corrected chi connectivity index (χ4v) is 4.27. The highest BCUT2D eigenvalue weighted by molar-refractivity contribution is 8.00. The molecule has 10 heteroatoms. The first-order valence-corrected chi connectivity index (χ1v) is 11.5. The normalized spacial score (nSPS) is 15.3. The topological polar surface area (TPSA) is 96.7 Å². The van der Waals surface area contributed by atoms with Crippen LogP contribution in [0.5, 0.6) is 23.0 Å². The fraction of sp³-hybridized carbons (Fsp3) is 0.292. The summed E-state index contributed by atoms with van der Waals surface area (Å²) >= 11 is 1.30. The van der Waals surface area contributed by atoms with Crippen LogP contribution in [0.1, 0.15) is 18.9 Å². The number of anilines is 1. The number of aromatic nitrogens is 3. The highest BCUT2D eigenvalue weighted by Gasteiger charge is 2.29. The molecule has 3 aromatic rings. The Bertz CT molecular complexity index is 1160. The van der Waals surface area contributed by atoms with E-state index in [1.165, 1.54) is 11.8 Å². The summed E-state index contributed by atoms with van der Waals surface area (Å²) in [7, 11) is 3.12. The van der Waals surface area contributed by atoms with Crippen molar-refractivity contribution in [2.75, 3.05) is 26.1 Å². The molecule has 0 aliphatic carbocycles. The Morgan fingerprint density at radius 3 is 2.62 bits per heavy atom. The SMILES string of the molecule is C=CCn1c(S[C@@H](C)C(=O)Nc2cc(OC)cc(OC)c2)nnc1[C@@H]1COc2ccccc2O1. The molecule has 0 spiro atoms. The Balaban J connectivity index is 1.49. The fourth-order valence-electron chi connectivity index (χ4n) is 3.41. The van der Waals surface area contributed by atoms with Crippen molar-refractivity contribution in [3.63, 3.8) is 0 Å². The molecule has 1 N–H and O–H groups in total. The van der Waals surface area contributed by atoms with Crippen LogP contribution in [0.2, 0.25) is 0 Å². The highest BCUT2D eigenvalue weighted by Crippen LogP contribution is 2.36. The standard InChI is InChI=1S/C24H26N4O5S/c1-5-10-28-22(21-14-32-19-8-6-7-9-20(19)33-21)26-27-24(28)34-15(2)23(29)25-16-11-17(30-3)13-18(12-16)31-4/h5-9,11-13,15,21H,1,10,14H2,2-4H3,(H,25,29)/t15-,21-/m0/s1. The van der Waals surface area contributed by atoms with Gasteiger partial charge in [-0.25, -0.2) is 0 Å². The molecule has 1 aliphatic rings. The highest BCUT2D eigenvalue weighted by atomic mass is 32.2. The van der Waals surface area contributed by atoms with Gasteiger partial charge in [0.05, 0.1) is 19.5 Å². The first-order valence-electron chi connectivity index (χ1n) is 10.7. The minimum atomic E-state index is -0.456. The van der Waals surface area contributed by atoms with Gasteiger partial charge in [-0.05, 0) is 19.1 Å². The molecule has 4 rings (SSSR count). The van der Waals surface area contributed by atoms with Crippen molar-refractivity contribution < 1.29 is 23.7 Å². The number of thioether (sulfide) groups is 1. The molecule has 34 heavy (non-hydrogen) atoms. The van der Waals surface area contributed by atoms with Gasteiger partial charge in [0, 0.05) is 30.4 Å². The number of ether oxygens (including phenoxy) is 4. The van der Waals surface area contributed by atoms with Gasteiger partial charge in [-0.1, -0.05) is 30.0 Å². The Kier molecular flexibility index (Phi) is 7.27. The number of nitrogens with zero attached hydrogens (tertiary/aromatic N) is 3. The molecule has 178 valence electrons. The molecule has 1 aliphatic heterocycles. The van der Waals surface area contributed by atoms with Crippen LogP contribution in [0.15, 0.2) is 60.3 Å². The van der Waals surface area contributed by atoms with Crippen molar-refractivity contribution in [2.45, 2.75) is 30.0 Å². The largest absolute Gasteiger partial charge is 0.497 e. The maximum absolute atomic E-state index is 12.9. The predicted octanol–water partition coefficient (Wildman–Crippen LogP) is 4.11. The van der Waals surface area contributed by atoms with Crippen molar-refractivity contribution in [2.24, 2.45) is 0 Å². The van der Waals surface area contributed by atoms with Crippen molar-refractivity contribution in [3.8, 4) is 23.0 Å². The van der Waals surface area contributed by atoms with Crippen molar-refractivity contribution >= 4 is 23.4 Å². The smallest absolute Gasteiger partial charge is 0.237 e. The molecule has 2 aromatic carbocycles. The molecule has 0 unspecified atom stereocenters. The van der Waals surface area contributed by atoms with Gasteiger partial charge in [-0.15, -0.1) is 16.8 Å². The van der Waals surface area contributed by atoms with Crippen molar-refractivity contribution in [1.82, 2.24) is 14.8 Å². The minimum absolute atomic E-state index is 0.193. The van der Waals surface area contributed by atoms with Crippen molar-refractivity contribution in [3.05, 3.63) is 60.9 Å². The number of hydrogen-bond donors (Lipinski definition) is 1. The number of rotatable bonds is 9. The van der Waals surface area contributed by atoms with Gasteiger partial charge >= 0.3 is 0 Å². The molecule has 2 heterocycles. The lowest BCUT2D eigenvalue weighted by molar-refractivity contribution is -0.115. The van der Waals surface area contributed by atoms with Gasteiger partial charge in [0.1, 0.15) is 18.1 Å². The Labute approximate surface area is 202 Å². The number of allylic oxidation sites excluding steroid dienone is 1. The summed E-state index contributed by atoms with van der Waals surface area (Å²) in [4.78, 5) is 12.9. The number of amides is 1. The molecule has 0 saturated carbocycles. The average Bonchev–Trinajstić information content (AvgIpc) is 3.25. The Hall–Kier alpha value is -3.66. The Morgan fingerprint density at radius 2 is 1.94 bits per heavy atom. The summed E-state index contributed by atoms with van der Waals surface area (Å²) in [6.07, 6.45) is 1.33. The summed E-state index contributed by atoms with van der Waals surface area (Å²) < 4.78 is 24.4. The molecule has 9 nitrogen and oxygen atoms in total. The summed E-state index contributed by atoms with van der Waals surface area (Å²) in [5.74, 6) is 2.94. The number of fused-ring (bicyclic) bond motifs is 1. The number of para-hydroxylation sites is 2. The van der Waals surface area contributed by atoms with Gasteiger partial charge in [0.2, 0.25) is 5.91 Å². The van der Waals surface area contributed by atoms with Crippen molar-refractivity contribution in [1.29, 1.82) is 0 Å². The molecule has 1 aromatic heterocycles. The molecular formula is C24H26N4O5S. The van der Waals surface area contributed by atoms with E-state index in [0.29, 0.717) is 52.8 Å². The van der Waals surface area contributed by atoms with Crippen LogP contribution < -0.4 is 24.3 Å². The van der Waals surface area contributed by atoms with E-state index in [1.54, 1.807) is 45.4 Å². The minimum Gasteiger partial charge on any atom is -0.497 e. The van der Waals surface area contributed by atoms with E-state index in [9.17, 15) is 4.79 Å². The molecule has 0 radical (unpaired) electrons.